The Kier molecular flexibility index (Phi) is 7.39. The van der Waals surface area contributed by atoms with Gasteiger partial charge < -0.3 is 15.0 Å². The van der Waals surface area contributed by atoms with Crippen molar-refractivity contribution in [3.63, 3.8) is 0 Å². The second kappa shape index (κ2) is 8.54. The Balaban J connectivity index is 2.61. The van der Waals surface area contributed by atoms with Crippen molar-refractivity contribution < 1.29 is 9.53 Å². The van der Waals surface area contributed by atoms with Gasteiger partial charge in [0.05, 0.1) is 19.1 Å². The van der Waals surface area contributed by atoms with Gasteiger partial charge in [0, 0.05) is 19.1 Å². The van der Waals surface area contributed by atoms with E-state index in [1.165, 1.54) is 0 Å². The number of carbonyl (C=O) groups excluding carboxylic acids is 1. The zero-order chi connectivity index (χ0) is 14.3. The average Bonchev–Trinajstić information content (AvgIpc) is 2.88. The van der Waals surface area contributed by atoms with Crippen molar-refractivity contribution in [3.05, 3.63) is 0 Å². The number of nitrogens with zero attached hydrogens (tertiary/aromatic N) is 1. The van der Waals surface area contributed by atoms with Gasteiger partial charge in [0.15, 0.2) is 0 Å². The summed E-state index contributed by atoms with van der Waals surface area (Å²) in [7, 11) is 0. The van der Waals surface area contributed by atoms with E-state index in [0.717, 1.165) is 32.5 Å². The van der Waals surface area contributed by atoms with E-state index >= 15 is 0 Å². The number of ether oxygens (including phenoxy) is 1. The number of hydrogen-bond acceptors (Lipinski definition) is 3. The van der Waals surface area contributed by atoms with Crippen LogP contribution in [0.15, 0.2) is 0 Å². The largest absolute Gasteiger partial charge is 0.379 e. The summed E-state index contributed by atoms with van der Waals surface area (Å²) in [5.74, 6) is 0.871. The molecule has 1 amide bonds. The van der Waals surface area contributed by atoms with E-state index in [4.69, 9.17) is 4.74 Å². The highest BCUT2D eigenvalue weighted by atomic mass is 16.5. The molecule has 0 aromatic carbocycles. The zero-order valence-corrected chi connectivity index (χ0v) is 12.9. The molecule has 2 atom stereocenters. The molecule has 2 unspecified atom stereocenters. The first-order valence-electron chi connectivity index (χ1n) is 7.77. The molecule has 0 spiro atoms. The topological polar surface area (TPSA) is 41.6 Å². The van der Waals surface area contributed by atoms with Crippen molar-refractivity contribution in [1.82, 2.24) is 10.2 Å². The third-order valence-corrected chi connectivity index (χ3v) is 4.19. The number of likely N-dealkylation sites (N-methyl/N-ethyl adjacent to an activating group) is 1. The predicted molar refractivity (Wildman–Crippen MR) is 78.1 cm³/mol. The average molecular weight is 270 g/mol. The molecule has 0 bridgehead atoms. The summed E-state index contributed by atoms with van der Waals surface area (Å²) in [4.78, 5) is 14.7. The molecule has 1 aliphatic rings. The van der Waals surface area contributed by atoms with Gasteiger partial charge >= 0.3 is 0 Å². The molecular weight excluding hydrogens is 240 g/mol. The highest BCUT2D eigenvalue weighted by Crippen LogP contribution is 2.19. The van der Waals surface area contributed by atoms with Crippen molar-refractivity contribution in [2.45, 2.75) is 46.6 Å². The molecule has 4 heteroatoms. The van der Waals surface area contributed by atoms with E-state index in [1.54, 1.807) is 0 Å². The molecule has 0 aromatic rings. The van der Waals surface area contributed by atoms with E-state index < -0.39 is 0 Å². The molecule has 1 rings (SSSR count). The summed E-state index contributed by atoms with van der Waals surface area (Å²) >= 11 is 0. The molecule has 1 N–H and O–H groups in total. The highest BCUT2D eigenvalue weighted by molar-refractivity contribution is 5.80. The molecule has 1 fully saturated rings. The Bertz CT molecular complexity index is 267. The van der Waals surface area contributed by atoms with E-state index in [2.05, 4.69) is 33.0 Å². The van der Waals surface area contributed by atoms with Gasteiger partial charge in [-0.25, -0.2) is 0 Å². The molecule has 1 saturated heterocycles. The van der Waals surface area contributed by atoms with E-state index in [9.17, 15) is 4.79 Å². The van der Waals surface area contributed by atoms with Gasteiger partial charge in [0.1, 0.15) is 0 Å². The van der Waals surface area contributed by atoms with Crippen LogP contribution in [-0.2, 0) is 9.53 Å². The second-order valence-corrected chi connectivity index (χ2v) is 5.37. The minimum absolute atomic E-state index is 0.00531. The van der Waals surface area contributed by atoms with Gasteiger partial charge in [0.25, 0.3) is 0 Å². The number of nitrogens with one attached hydrogen (secondary N) is 1. The molecule has 0 aliphatic carbocycles. The fourth-order valence-electron chi connectivity index (χ4n) is 2.73. The second-order valence-electron chi connectivity index (χ2n) is 5.37. The fraction of sp³-hybridized carbons (Fsp3) is 0.933. The summed E-state index contributed by atoms with van der Waals surface area (Å²) in [6.45, 7) is 12.3. The maximum atomic E-state index is 12.6. The fourth-order valence-corrected chi connectivity index (χ4v) is 2.73. The molecule has 4 nitrogen and oxygen atoms in total. The Morgan fingerprint density at radius 1 is 1.26 bits per heavy atom. The molecule has 112 valence electrons. The number of carbonyl (C=O) groups is 1. The van der Waals surface area contributed by atoms with Crippen LogP contribution in [-0.4, -0.2) is 49.7 Å². The number of hydrogen-bond donors (Lipinski definition) is 1. The van der Waals surface area contributed by atoms with E-state index in [1.807, 2.05) is 4.90 Å². The normalized spacial score (nSPS) is 23.0. The maximum absolute atomic E-state index is 12.6. The monoisotopic (exact) mass is 270 g/mol. The third-order valence-electron chi connectivity index (χ3n) is 4.19. The lowest BCUT2D eigenvalue weighted by atomic mass is 9.99. The lowest BCUT2D eigenvalue weighted by molar-refractivity contribution is -0.136. The Labute approximate surface area is 117 Å². The molecule has 0 saturated carbocycles. The minimum Gasteiger partial charge on any atom is -0.379 e. The molecular formula is C15H30N2O2. The van der Waals surface area contributed by atoms with Crippen LogP contribution in [0.1, 0.15) is 40.5 Å². The van der Waals surface area contributed by atoms with Crippen LogP contribution in [0.3, 0.4) is 0 Å². The Morgan fingerprint density at radius 2 is 1.95 bits per heavy atom. The number of rotatable bonds is 8. The van der Waals surface area contributed by atoms with E-state index in [-0.39, 0.29) is 17.9 Å². The summed E-state index contributed by atoms with van der Waals surface area (Å²) in [6.07, 6.45) is 2.27. The van der Waals surface area contributed by atoms with Crippen molar-refractivity contribution in [2.24, 2.45) is 11.8 Å². The highest BCUT2D eigenvalue weighted by Gasteiger charge is 2.35. The predicted octanol–water partition coefficient (Wildman–Crippen LogP) is 1.90. The van der Waals surface area contributed by atoms with Crippen molar-refractivity contribution in [1.29, 1.82) is 0 Å². The van der Waals surface area contributed by atoms with Crippen LogP contribution in [0, 0.1) is 11.8 Å². The first-order valence-corrected chi connectivity index (χ1v) is 7.77. The van der Waals surface area contributed by atoms with Gasteiger partial charge in [-0.1, -0.05) is 33.6 Å². The van der Waals surface area contributed by atoms with Crippen molar-refractivity contribution in [2.75, 3.05) is 32.8 Å². The summed E-state index contributed by atoms with van der Waals surface area (Å²) in [5, 5.41) is 3.36. The van der Waals surface area contributed by atoms with Crippen molar-refractivity contribution >= 4 is 5.91 Å². The van der Waals surface area contributed by atoms with Crippen molar-refractivity contribution in [3.8, 4) is 0 Å². The van der Waals surface area contributed by atoms with Crippen LogP contribution in [0.25, 0.3) is 0 Å². The van der Waals surface area contributed by atoms with Gasteiger partial charge in [-0.2, -0.15) is 0 Å². The van der Waals surface area contributed by atoms with Gasteiger partial charge in [-0.15, -0.1) is 0 Å². The zero-order valence-electron chi connectivity index (χ0n) is 12.9. The van der Waals surface area contributed by atoms with Crippen LogP contribution < -0.4 is 5.32 Å². The first kappa shape index (κ1) is 16.4. The van der Waals surface area contributed by atoms with Crippen LogP contribution in [0.2, 0.25) is 0 Å². The standard InChI is InChI=1S/C15H30N2O2/c1-5-12(6-2)9-17(8-4)15(18)13-10-19-11-14(13)16-7-3/h12-14,16H,5-11H2,1-4H3. The maximum Gasteiger partial charge on any atom is 0.229 e. The molecule has 19 heavy (non-hydrogen) atoms. The summed E-state index contributed by atoms with van der Waals surface area (Å²) < 4.78 is 5.49. The summed E-state index contributed by atoms with van der Waals surface area (Å²) in [5.41, 5.74) is 0. The van der Waals surface area contributed by atoms with Gasteiger partial charge in [-0.05, 0) is 19.4 Å². The van der Waals surface area contributed by atoms with Gasteiger partial charge in [-0.3, -0.25) is 4.79 Å². The van der Waals surface area contributed by atoms with Crippen LogP contribution in [0.4, 0.5) is 0 Å². The quantitative estimate of drug-likeness (QED) is 0.732. The number of amides is 1. The third kappa shape index (κ3) is 4.46. The lowest BCUT2D eigenvalue weighted by Crippen LogP contribution is -2.47. The molecule has 1 heterocycles. The molecule has 0 radical (unpaired) electrons. The Hall–Kier alpha value is -0.610. The summed E-state index contributed by atoms with van der Waals surface area (Å²) in [6, 6.07) is 0.188. The van der Waals surface area contributed by atoms with Crippen LogP contribution >= 0.6 is 0 Å². The molecule has 0 aromatic heterocycles. The van der Waals surface area contributed by atoms with Gasteiger partial charge in [0.2, 0.25) is 5.91 Å². The Morgan fingerprint density at radius 3 is 2.47 bits per heavy atom. The SMILES string of the molecule is CCNC1COCC1C(=O)N(CC)CC(CC)CC. The first-order chi connectivity index (χ1) is 9.17. The minimum atomic E-state index is -0.00531. The van der Waals surface area contributed by atoms with Crippen LogP contribution in [0.5, 0.6) is 0 Å². The smallest absolute Gasteiger partial charge is 0.229 e. The molecule has 1 aliphatic heterocycles. The lowest BCUT2D eigenvalue weighted by Gasteiger charge is -2.29. The van der Waals surface area contributed by atoms with E-state index in [0.29, 0.717) is 19.1 Å².